The van der Waals surface area contributed by atoms with Gasteiger partial charge >= 0.3 is 6.18 Å². The Bertz CT molecular complexity index is 378. The largest absolute Gasteiger partial charge is 0.433 e. The van der Waals surface area contributed by atoms with Crippen LogP contribution in [0.4, 0.5) is 13.2 Å². The van der Waals surface area contributed by atoms with Crippen LogP contribution in [0.5, 0.6) is 0 Å². The lowest BCUT2D eigenvalue weighted by Crippen LogP contribution is -2.12. The summed E-state index contributed by atoms with van der Waals surface area (Å²) in [5.74, 6) is 0. The van der Waals surface area contributed by atoms with Crippen molar-refractivity contribution in [1.82, 2.24) is 0 Å². The third-order valence-corrected chi connectivity index (χ3v) is 2.07. The summed E-state index contributed by atoms with van der Waals surface area (Å²) in [4.78, 5) is 3.61. The Kier molecular flexibility index (Phi) is 5.93. The third kappa shape index (κ3) is 6.09. The lowest BCUT2D eigenvalue weighted by molar-refractivity contribution is -0.0931. The quantitative estimate of drug-likeness (QED) is 0.499. The predicted octanol–water partition coefficient (Wildman–Crippen LogP) is 4.83. The van der Waals surface area contributed by atoms with Gasteiger partial charge in [-0.15, -0.1) is 0 Å². The molecule has 0 bridgehead atoms. The van der Waals surface area contributed by atoms with Crippen molar-refractivity contribution in [2.24, 2.45) is 4.99 Å². The second-order valence-electron chi connectivity index (χ2n) is 3.97. The smallest absolute Gasteiger partial charge is 0.249 e. The highest BCUT2D eigenvalue weighted by Gasteiger charge is 2.34. The van der Waals surface area contributed by atoms with Crippen LogP contribution in [-0.2, 0) is 0 Å². The van der Waals surface area contributed by atoms with E-state index in [0.717, 1.165) is 5.57 Å². The zero-order valence-corrected chi connectivity index (χ0v) is 10.8. The molecular formula is C13H18F3N. The van der Waals surface area contributed by atoms with Crippen molar-refractivity contribution < 1.29 is 13.2 Å². The summed E-state index contributed by atoms with van der Waals surface area (Å²) in [5, 5.41) is 0. The molecule has 0 spiro atoms. The first kappa shape index (κ1) is 15.7. The molecular weight excluding hydrogens is 227 g/mol. The van der Waals surface area contributed by atoms with Crippen LogP contribution >= 0.6 is 0 Å². The first-order valence-corrected chi connectivity index (χ1v) is 5.29. The van der Waals surface area contributed by atoms with Crippen LogP contribution in [0.25, 0.3) is 0 Å². The minimum atomic E-state index is -4.40. The summed E-state index contributed by atoms with van der Waals surface area (Å²) in [6.07, 6.45) is 0.779. The Morgan fingerprint density at radius 2 is 1.53 bits per heavy atom. The van der Waals surface area contributed by atoms with Crippen molar-refractivity contribution in [3.05, 3.63) is 35.1 Å². The molecule has 0 N–H and O–H groups in total. The van der Waals surface area contributed by atoms with Gasteiger partial charge in [0.25, 0.3) is 0 Å². The zero-order valence-electron chi connectivity index (χ0n) is 10.8. The van der Waals surface area contributed by atoms with Crippen molar-refractivity contribution >= 4 is 5.71 Å². The molecule has 4 heteroatoms. The molecule has 0 aliphatic heterocycles. The van der Waals surface area contributed by atoms with Crippen LogP contribution in [0.15, 0.2) is 40.1 Å². The third-order valence-electron chi connectivity index (χ3n) is 2.07. The van der Waals surface area contributed by atoms with Gasteiger partial charge < -0.3 is 0 Å². The molecule has 0 fully saturated rings. The number of halogens is 3. The molecule has 17 heavy (non-hydrogen) atoms. The van der Waals surface area contributed by atoms with Gasteiger partial charge in [0.05, 0.1) is 0 Å². The maximum Gasteiger partial charge on any atom is 0.433 e. The van der Waals surface area contributed by atoms with Crippen molar-refractivity contribution in [3.63, 3.8) is 0 Å². The Morgan fingerprint density at radius 3 is 1.88 bits per heavy atom. The molecule has 0 aliphatic rings. The maximum atomic E-state index is 12.6. The van der Waals surface area contributed by atoms with Crippen LogP contribution < -0.4 is 0 Å². The summed E-state index contributed by atoms with van der Waals surface area (Å²) in [6, 6.07) is 0. The second-order valence-corrected chi connectivity index (χ2v) is 3.97. The van der Waals surface area contributed by atoms with E-state index in [4.69, 9.17) is 0 Å². The van der Waals surface area contributed by atoms with Gasteiger partial charge in [-0.05, 0) is 46.3 Å². The minimum absolute atomic E-state index is 0.160. The molecule has 96 valence electrons. The monoisotopic (exact) mass is 245 g/mol. The average molecular weight is 245 g/mol. The predicted molar refractivity (Wildman–Crippen MR) is 66.1 cm³/mol. The van der Waals surface area contributed by atoms with E-state index in [9.17, 15) is 13.2 Å². The summed E-state index contributed by atoms with van der Waals surface area (Å²) < 4.78 is 37.8. The van der Waals surface area contributed by atoms with E-state index in [-0.39, 0.29) is 5.57 Å². The number of allylic oxidation sites excluding steroid dienone is 6. The van der Waals surface area contributed by atoms with E-state index in [1.54, 1.807) is 19.1 Å². The van der Waals surface area contributed by atoms with E-state index in [1.807, 2.05) is 19.9 Å². The number of hydrogen-bond donors (Lipinski definition) is 0. The summed E-state index contributed by atoms with van der Waals surface area (Å²) >= 11 is 0. The Labute approximate surface area is 100 Å². The first-order chi connectivity index (χ1) is 7.68. The fourth-order valence-electron chi connectivity index (χ4n) is 1.02. The van der Waals surface area contributed by atoms with Crippen molar-refractivity contribution in [3.8, 4) is 0 Å². The molecule has 0 heterocycles. The highest BCUT2D eigenvalue weighted by atomic mass is 19.4. The maximum absolute atomic E-state index is 12.6. The Morgan fingerprint density at radius 1 is 1.00 bits per heavy atom. The fourth-order valence-corrected chi connectivity index (χ4v) is 1.02. The molecule has 0 unspecified atom stereocenters. The molecule has 0 aromatic rings. The van der Waals surface area contributed by atoms with Crippen LogP contribution in [0.3, 0.4) is 0 Å². The molecule has 0 amide bonds. The average Bonchev–Trinajstić information content (AvgIpc) is 2.20. The SMILES string of the molecule is C/C=C(C)\C=C/C(C)=NC(=C(C)C)C(F)(F)F. The van der Waals surface area contributed by atoms with Gasteiger partial charge in [0.1, 0.15) is 5.70 Å². The van der Waals surface area contributed by atoms with Crippen LogP contribution in [0, 0.1) is 0 Å². The fraction of sp³-hybridized carbons (Fsp3) is 0.462. The lowest BCUT2D eigenvalue weighted by Gasteiger charge is -2.09. The van der Waals surface area contributed by atoms with Gasteiger partial charge in [-0.25, -0.2) is 4.99 Å². The molecule has 0 aromatic carbocycles. The van der Waals surface area contributed by atoms with Gasteiger partial charge in [0.2, 0.25) is 0 Å². The van der Waals surface area contributed by atoms with Gasteiger partial charge in [0, 0.05) is 5.71 Å². The van der Waals surface area contributed by atoms with E-state index in [0.29, 0.717) is 5.71 Å². The standard InChI is InChI=1S/C13H18F3N/c1-6-10(4)7-8-11(5)17-12(9(2)3)13(14,15)16/h6-8H,1-5H3/b8-7-,10-6-,17-11?. The molecule has 0 aliphatic carbocycles. The van der Waals surface area contributed by atoms with Gasteiger partial charge in [-0.3, -0.25) is 0 Å². The first-order valence-electron chi connectivity index (χ1n) is 5.29. The van der Waals surface area contributed by atoms with E-state index < -0.39 is 11.9 Å². The molecule has 1 nitrogen and oxygen atoms in total. The molecule has 0 atom stereocenters. The highest BCUT2D eigenvalue weighted by molar-refractivity contribution is 5.94. The van der Waals surface area contributed by atoms with E-state index in [2.05, 4.69) is 4.99 Å². The summed E-state index contributed by atoms with van der Waals surface area (Å²) in [5.41, 5.74) is 0.649. The van der Waals surface area contributed by atoms with Gasteiger partial charge in [-0.2, -0.15) is 13.2 Å². The van der Waals surface area contributed by atoms with E-state index in [1.165, 1.54) is 13.8 Å². The summed E-state index contributed by atoms with van der Waals surface area (Å²) in [6.45, 7) is 8.09. The van der Waals surface area contributed by atoms with E-state index >= 15 is 0 Å². The molecule has 0 rings (SSSR count). The lowest BCUT2D eigenvalue weighted by atomic mass is 10.2. The molecule has 0 saturated carbocycles. The topological polar surface area (TPSA) is 12.4 Å². The Hall–Kier alpha value is -1.32. The number of hydrogen-bond acceptors (Lipinski definition) is 1. The molecule has 0 aromatic heterocycles. The molecule has 0 radical (unpaired) electrons. The van der Waals surface area contributed by atoms with Crippen LogP contribution in [0.1, 0.15) is 34.6 Å². The number of alkyl halides is 3. The van der Waals surface area contributed by atoms with Crippen molar-refractivity contribution in [2.45, 2.75) is 40.8 Å². The van der Waals surface area contributed by atoms with Gasteiger partial charge in [0.15, 0.2) is 0 Å². The van der Waals surface area contributed by atoms with Crippen molar-refractivity contribution in [1.29, 1.82) is 0 Å². The number of aliphatic imine (C=N–C) groups is 1. The van der Waals surface area contributed by atoms with Crippen molar-refractivity contribution in [2.75, 3.05) is 0 Å². The highest BCUT2D eigenvalue weighted by Crippen LogP contribution is 2.29. The van der Waals surface area contributed by atoms with Crippen LogP contribution in [-0.4, -0.2) is 11.9 Å². The normalized spacial score (nSPS) is 14.4. The number of rotatable bonds is 3. The molecule has 0 saturated heterocycles. The zero-order chi connectivity index (χ0) is 13.6. The summed E-state index contributed by atoms with van der Waals surface area (Å²) in [7, 11) is 0. The second kappa shape index (κ2) is 6.42. The Balaban J connectivity index is 5.14. The minimum Gasteiger partial charge on any atom is -0.249 e. The number of nitrogens with zero attached hydrogens (tertiary/aromatic N) is 1. The van der Waals surface area contributed by atoms with Crippen LogP contribution in [0.2, 0.25) is 0 Å². The van der Waals surface area contributed by atoms with Gasteiger partial charge in [-0.1, -0.05) is 17.7 Å².